The lowest BCUT2D eigenvalue weighted by Gasteiger charge is -2.47. The highest BCUT2D eigenvalue weighted by Gasteiger charge is 2.44. The number of aryl methyl sites for hydroxylation is 1. The molecule has 0 spiro atoms. The third-order valence-corrected chi connectivity index (χ3v) is 5.23. The normalized spacial score (nSPS) is 27.3. The Balaban J connectivity index is 1.77. The number of nitrogens with zero attached hydrogens (tertiary/aromatic N) is 1. The van der Waals surface area contributed by atoms with Crippen LogP contribution in [0.1, 0.15) is 40.7 Å². The predicted molar refractivity (Wildman–Crippen MR) is 93.2 cm³/mol. The average molecular weight is 341 g/mol. The molecule has 1 unspecified atom stereocenters. The quantitative estimate of drug-likeness (QED) is 0.510. The third-order valence-electron chi connectivity index (χ3n) is 5.23. The van der Waals surface area contributed by atoms with Gasteiger partial charge in [0.05, 0.1) is 7.11 Å². The summed E-state index contributed by atoms with van der Waals surface area (Å²) in [5, 5.41) is 10.9. The highest BCUT2D eigenvalue weighted by atomic mass is 16.5. The zero-order valence-electron chi connectivity index (χ0n) is 14.5. The fraction of sp³-hybridized carbons (Fsp3) is 0.500. The van der Waals surface area contributed by atoms with Gasteiger partial charge in [0.2, 0.25) is 0 Å². The molecule has 2 bridgehead atoms. The van der Waals surface area contributed by atoms with E-state index in [1.165, 1.54) is 7.11 Å². The zero-order chi connectivity index (χ0) is 17.9. The minimum absolute atomic E-state index is 0.212. The molecule has 3 heterocycles. The van der Waals surface area contributed by atoms with Crippen molar-refractivity contribution in [3.05, 3.63) is 34.9 Å². The average Bonchev–Trinajstić information content (AvgIpc) is 2.65. The van der Waals surface area contributed by atoms with Gasteiger partial charge in [-0.2, -0.15) is 0 Å². The second kappa shape index (κ2) is 7.38. The first-order valence-corrected chi connectivity index (χ1v) is 8.67. The van der Waals surface area contributed by atoms with Crippen LogP contribution < -0.4 is 0 Å². The van der Waals surface area contributed by atoms with Gasteiger partial charge in [-0.15, -0.1) is 0 Å². The van der Waals surface area contributed by atoms with E-state index in [1.54, 1.807) is 12.1 Å². The Morgan fingerprint density at radius 3 is 2.80 bits per heavy atom. The molecule has 1 aromatic carbocycles. The zero-order valence-corrected chi connectivity index (χ0v) is 14.5. The highest BCUT2D eigenvalue weighted by molar-refractivity contribution is 5.80. The summed E-state index contributed by atoms with van der Waals surface area (Å²) in [6, 6.07) is 5.40. The number of carbonyl (C=O) groups excluding carboxylic acids is 2. The summed E-state index contributed by atoms with van der Waals surface area (Å²) in [5.74, 6) is 5.98. The molecule has 3 aliphatic rings. The number of fused-ring (bicyclic) bond motifs is 3. The van der Waals surface area contributed by atoms with Crippen molar-refractivity contribution < 1.29 is 19.4 Å². The van der Waals surface area contributed by atoms with Gasteiger partial charge in [-0.05, 0) is 50.0 Å². The molecule has 25 heavy (non-hydrogen) atoms. The van der Waals surface area contributed by atoms with E-state index < -0.39 is 5.60 Å². The number of benzene rings is 1. The van der Waals surface area contributed by atoms with Gasteiger partial charge in [-0.3, -0.25) is 14.5 Å². The Kier molecular flexibility index (Phi) is 5.22. The Morgan fingerprint density at radius 2 is 2.20 bits per heavy atom. The molecule has 4 rings (SSSR count). The molecule has 5 heteroatoms. The lowest BCUT2D eigenvalue weighted by molar-refractivity contribution is -0.140. The third kappa shape index (κ3) is 3.92. The van der Waals surface area contributed by atoms with Crippen molar-refractivity contribution >= 4 is 12.3 Å². The number of ether oxygens (including phenoxy) is 1. The number of piperidine rings is 3. The molecular weight excluding hydrogens is 318 g/mol. The van der Waals surface area contributed by atoms with Crippen molar-refractivity contribution in [1.82, 2.24) is 4.90 Å². The van der Waals surface area contributed by atoms with Crippen molar-refractivity contribution in [2.24, 2.45) is 5.92 Å². The lowest BCUT2D eigenvalue weighted by atomic mass is 9.75. The summed E-state index contributed by atoms with van der Waals surface area (Å²) < 4.78 is 4.63. The van der Waals surface area contributed by atoms with E-state index >= 15 is 0 Å². The first kappa shape index (κ1) is 17.7. The smallest absolute Gasteiger partial charge is 0.305 e. The van der Waals surface area contributed by atoms with Crippen LogP contribution in [0, 0.1) is 17.8 Å². The van der Waals surface area contributed by atoms with Gasteiger partial charge in [0.1, 0.15) is 5.60 Å². The Labute approximate surface area is 148 Å². The summed E-state index contributed by atoms with van der Waals surface area (Å²) in [5.41, 5.74) is 1.00. The van der Waals surface area contributed by atoms with Crippen LogP contribution in [0.4, 0.5) is 0 Å². The molecule has 0 aromatic heterocycles. The topological polar surface area (TPSA) is 66.8 Å². The van der Waals surface area contributed by atoms with Crippen LogP contribution in [0.3, 0.4) is 0 Å². The number of methoxy groups -OCH3 is 1. The van der Waals surface area contributed by atoms with Crippen LogP contribution in [0.2, 0.25) is 0 Å². The number of rotatable bonds is 4. The van der Waals surface area contributed by atoms with E-state index in [-0.39, 0.29) is 18.3 Å². The molecule has 3 fully saturated rings. The number of aliphatic hydroxyl groups is 1. The summed E-state index contributed by atoms with van der Waals surface area (Å²) in [6.45, 7) is 2.64. The monoisotopic (exact) mass is 341 g/mol. The van der Waals surface area contributed by atoms with Crippen LogP contribution in [0.25, 0.3) is 0 Å². The van der Waals surface area contributed by atoms with E-state index in [2.05, 4.69) is 21.5 Å². The van der Waals surface area contributed by atoms with Crippen LogP contribution >= 0.6 is 0 Å². The minimum atomic E-state index is -0.986. The molecule has 0 radical (unpaired) electrons. The molecule has 0 aliphatic carbocycles. The second-order valence-corrected chi connectivity index (χ2v) is 6.84. The molecular formula is C20H23NO4. The number of carbonyl (C=O) groups is 2. The fourth-order valence-corrected chi connectivity index (χ4v) is 3.68. The predicted octanol–water partition coefficient (Wildman–Crippen LogP) is 1.41. The second-order valence-electron chi connectivity index (χ2n) is 6.84. The molecule has 0 saturated carbocycles. The van der Waals surface area contributed by atoms with Crippen molar-refractivity contribution in [3.8, 4) is 11.8 Å². The number of hydrogen-bond donors (Lipinski definition) is 1. The highest BCUT2D eigenvalue weighted by Crippen LogP contribution is 2.35. The maximum absolute atomic E-state index is 11.4. The molecule has 132 valence electrons. The fourth-order valence-electron chi connectivity index (χ4n) is 3.68. The number of esters is 1. The first-order valence-electron chi connectivity index (χ1n) is 8.67. The van der Waals surface area contributed by atoms with Gasteiger partial charge in [0.15, 0.2) is 6.29 Å². The van der Waals surface area contributed by atoms with Crippen molar-refractivity contribution in [1.29, 1.82) is 0 Å². The van der Waals surface area contributed by atoms with Crippen LogP contribution in [0.5, 0.6) is 0 Å². The molecule has 5 nitrogen and oxygen atoms in total. The standard InChI is InChI=1S/C20H23NO4/c1-25-19(23)5-3-15-2-4-16(17(12-15)13-22)6-9-20(24)14-21-10-7-18(20)8-11-21/h2,4,12-13,18,24H,3,5,7-8,10-11,14H2,1H3. The molecule has 1 N–H and O–H groups in total. The van der Waals surface area contributed by atoms with Crippen molar-refractivity contribution in [2.45, 2.75) is 31.3 Å². The van der Waals surface area contributed by atoms with Crippen molar-refractivity contribution in [2.75, 3.05) is 26.7 Å². The first-order chi connectivity index (χ1) is 12.0. The summed E-state index contributed by atoms with van der Waals surface area (Å²) in [4.78, 5) is 24.9. The van der Waals surface area contributed by atoms with Gasteiger partial charge in [0.25, 0.3) is 0 Å². The molecule has 1 aromatic rings. The van der Waals surface area contributed by atoms with Crippen LogP contribution in [0.15, 0.2) is 18.2 Å². The van der Waals surface area contributed by atoms with E-state index in [9.17, 15) is 14.7 Å². The van der Waals surface area contributed by atoms with Gasteiger partial charge in [0, 0.05) is 30.0 Å². The Hall–Kier alpha value is -2.16. The van der Waals surface area contributed by atoms with E-state index in [0.29, 0.717) is 24.1 Å². The van der Waals surface area contributed by atoms with Crippen LogP contribution in [-0.2, 0) is 16.0 Å². The largest absolute Gasteiger partial charge is 0.469 e. The Morgan fingerprint density at radius 1 is 1.44 bits per heavy atom. The molecule has 3 aliphatic heterocycles. The Bertz CT molecular complexity index is 725. The van der Waals surface area contributed by atoms with Crippen molar-refractivity contribution in [3.63, 3.8) is 0 Å². The minimum Gasteiger partial charge on any atom is -0.469 e. The molecule has 1 atom stereocenters. The van der Waals surface area contributed by atoms with Gasteiger partial charge >= 0.3 is 5.97 Å². The maximum atomic E-state index is 11.4. The van der Waals surface area contributed by atoms with E-state index in [4.69, 9.17) is 0 Å². The van der Waals surface area contributed by atoms with Gasteiger partial charge in [-0.1, -0.05) is 17.9 Å². The summed E-state index contributed by atoms with van der Waals surface area (Å²) in [7, 11) is 1.36. The van der Waals surface area contributed by atoms with Gasteiger partial charge < -0.3 is 9.84 Å². The van der Waals surface area contributed by atoms with Gasteiger partial charge in [-0.25, -0.2) is 0 Å². The van der Waals surface area contributed by atoms with Crippen LogP contribution in [-0.4, -0.2) is 54.6 Å². The van der Waals surface area contributed by atoms with E-state index in [0.717, 1.165) is 37.8 Å². The summed E-state index contributed by atoms with van der Waals surface area (Å²) >= 11 is 0. The maximum Gasteiger partial charge on any atom is 0.305 e. The lowest BCUT2D eigenvalue weighted by Crippen LogP contribution is -2.58. The summed E-state index contributed by atoms with van der Waals surface area (Å²) in [6.07, 6.45) is 3.50. The van der Waals surface area contributed by atoms with E-state index in [1.807, 2.05) is 6.07 Å². The molecule has 3 saturated heterocycles. The SMILES string of the molecule is COC(=O)CCc1ccc(C#CC2(O)CN3CCC2CC3)c(C=O)c1. The number of aldehydes is 1. The molecule has 0 amide bonds. The number of hydrogen-bond acceptors (Lipinski definition) is 5.